The van der Waals surface area contributed by atoms with Crippen molar-refractivity contribution in [3.63, 3.8) is 0 Å². The predicted molar refractivity (Wildman–Crippen MR) is 107 cm³/mol. The minimum Gasteiger partial charge on any atom is -0.502 e. The summed E-state index contributed by atoms with van der Waals surface area (Å²) in [6.45, 7) is 2.41. The highest BCUT2D eigenvalue weighted by molar-refractivity contribution is 5.93. The maximum absolute atomic E-state index is 10.7. The summed E-state index contributed by atoms with van der Waals surface area (Å²) in [5.74, 6) is -1.39. The van der Waals surface area contributed by atoms with Crippen LogP contribution < -0.4 is 5.32 Å². The second-order valence-corrected chi connectivity index (χ2v) is 6.86. The van der Waals surface area contributed by atoms with Crippen molar-refractivity contribution in [1.82, 2.24) is 15.3 Å². The highest BCUT2D eigenvalue weighted by Gasteiger charge is 2.22. The molecule has 2 aromatic carbocycles. The molecule has 1 aromatic heterocycles. The van der Waals surface area contributed by atoms with Gasteiger partial charge in [-0.05, 0) is 56.0 Å². The second-order valence-electron chi connectivity index (χ2n) is 6.86. The van der Waals surface area contributed by atoms with E-state index in [9.17, 15) is 20.0 Å². The number of aromatic carboxylic acids is 1. The molecule has 4 N–H and O–H groups in total. The lowest BCUT2D eigenvalue weighted by molar-refractivity contribution is -0.384. The van der Waals surface area contributed by atoms with Crippen LogP contribution in [0.4, 0.5) is 5.69 Å². The minimum absolute atomic E-state index is 0.178. The van der Waals surface area contributed by atoms with E-state index < -0.39 is 28.2 Å². The van der Waals surface area contributed by atoms with Gasteiger partial charge in [0.15, 0.2) is 11.3 Å². The highest BCUT2D eigenvalue weighted by Crippen LogP contribution is 2.32. The average Bonchev–Trinajstić information content (AvgIpc) is 3.14. The van der Waals surface area contributed by atoms with Gasteiger partial charge in [0.2, 0.25) is 5.82 Å². The Hall–Kier alpha value is -3.46. The van der Waals surface area contributed by atoms with Gasteiger partial charge in [-0.1, -0.05) is 30.3 Å². The molecule has 1 fully saturated rings. The van der Waals surface area contributed by atoms with E-state index >= 15 is 0 Å². The van der Waals surface area contributed by atoms with Crippen molar-refractivity contribution in [2.24, 2.45) is 5.92 Å². The van der Waals surface area contributed by atoms with Crippen molar-refractivity contribution in [3.8, 4) is 5.75 Å². The van der Waals surface area contributed by atoms with E-state index in [4.69, 9.17) is 5.11 Å². The molecule has 0 aliphatic carbocycles. The number of rotatable bonds is 4. The monoisotopic (exact) mass is 398 g/mol. The molecule has 29 heavy (non-hydrogen) atoms. The van der Waals surface area contributed by atoms with E-state index in [-0.39, 0.29) is 11.0 Å². The quantitative estimate of drug-likeness (QED) is 0.391. The summed E-state index contributed by atoms with van der Waals surface area (Å²) in [6.07, 6.45) is 3.95. The molecular weight excluding hydrogens is 376 g/mol. The number of carboxylic acid groups (broad SMARTS) is 1. The first-order valence-electron chi connectivity index (χ1n) is 9.29. The highest BCUT2D eigenvalue weighted by atomic mass is 16.6. The summed E-state index contributed by atoms with van der Waals surface area (Å²) in [4.78, 5) is 26.4. The molecule has 1 aliphatic heterocycles. The van der Waals surface area contributed by atoms with E-state index in [1.54, 1.807) is 0 Å². The molecular formula is C20H22N4O5. The summed E-state index contributed by atoms with van der Waals surface area (Å²) in [6, 6.07) is 13.3. The number of carboxylic acids is 1. The van der Waals surface area contributed by atoms with E-state index in [0.717, 1.165) is 12.0 Å². The lowest BCUT2D eigenvalue weighted by atomic mass is 9.91. The van der Waals surface area contributed by atoms with Crippen LogP contribution >= 0.6 is 0 Å². The Morgan fingerprint density at radius 2 is 1.86 bits per heavy atom. The number of hydrogen-bond acceptors (Lipinski definition) is 6. The molecule has 1 saturated heterocycles. The normalized spacial score (nSPS) is 14.2. The van der Waals surface area contributed by atoms with Crippen LogP contribution in [0.15, 0.2) is 42.5 Å². The van der Waals surface area contributed by atoms with Crippen molar-refractivity contribution < 1.29 is 19.9 Å². The number of hydrogen-bond donors (Lipinski definition) is 4. The number of piperidine rings is 1. The fourth-order valence-corrected chi connectivity index (χ4v) is 3.36. The Morgan fingerprint density at radius 3 is 2.48 bits per heavy atom. The van der Waals surface area contributed by atoms with Gasteiger partial charge < -0.3 is 20.5 Å². The summed E-state index contributed by atoms with van der Waals surface area (Å²) < 4.78 is 0. The molecule has 9 nitrogen and oxygen atoms in total. The molecule has 4 rings (SSSR count). The Kier molecular flexibility index (Phi) is 6.40. The van der Waals surface area contributed by atoms with Crippen molar-refractivity contribution in [2.75, 3.05) is 13.1 Å². The molecule has 0 saturated carbocycles. The van der Waals surface area contributed by atoms with Gasteiger partial charge in [-0.2, -0.15) is 0 Å². The van der Waals surface area contributed by atoms with Gasteiger partial charge in [0.05, 0.1) is 10.4 Å². The minimum atomic E-state index is -1.33. The van der Waals surface area contributed by atoms with Crippen molar-refractivity contribution >= 4 is 22.7 Å². The number of nitro groups is 1. The maximum atomic E-state index is 10.7. The molecule has 1 aliphatic rings. The number of imidazole rings is 1. The summed E-state index contributed by atoms with van der Waals surface area (Å²) in [7, 11) is 0. The predicted octanol–water partition coefficient (Wildman–Crippen LogP) is 3.10. The average molecular weight is 398 g/mol. The molecule has 9 heteroatoms. The number of phenolic OH excluding ortho intramolecular Hbond substituents is 1. The summed E-state index contributed by atoms with van der Waals surface area (Å²) in [5.41, 5.74) is 0.889. The third-order valence-corrected chi connectivity index (χ3v) is 4.82. The largest absolute Gasteiger partial charge is 0.502 e. The van der Waals surface area contributed by atoms with Crippen LogP contribution in [0.3, 0.4) is 0 Å². The van der Waals surface area contributed by atoms with Gasteiger partial charge in [-0.15, -0.1) is 0 Å². The number of nitro benzene ring substituents is 1. The van der Waals surface area contributed by atoms with Gasteiger partial charge in [-0.25, -0.2) is 9.78 Å². The van der Waals surface area contributed by atoms with Gasteiger partial charge >= 0.3 is 11.7 Å². The number of phenols is 1. The maximum Gasteiger partial charge on any atom is 0.371 e. The van der Waals surface area contributed by atoms with Crippen molar-refractivity contribution in [3.05, 3.63) is 64.0 Å². The molecule has 0 bridgehead atoms. The summed E-state index contributed by atoms with van der Waals surface area (Å²) >= 11 is 0. The number of nitrogens with zero attached hydrogens (tertiary/aromatic N) is 2. The van der Waals surface area contributed by atoms with Gasteiger partial charge in [0.25, 0.3) is 0 Å². The third-order valence-electron chi connectivity index (χ3n) is 4.82. The van der Waals surface area contributed by atoms with Crippen molar-refractivity contribution in [2.45, 2.75) is 19.3 Å². The lowest BCUT2D eigenvalue weighted by Crippen LogP contribution is -2.28. The smallest absolute Gasteiger partial charge is 0.371 e. The standard InChI is InChI=1S/C12H17N.C8H5N3O5/c1-2-4-11(5-3-1)10-12-6-8-13-9-7-12;12-4-2-1-3-5(6(4)11(15)16)10-7(9-3)8(13)14/h1-5,12-13H,6-10H2;1-2,12H,(H,9,10)(H,13,14). The molecule has 2 heterocycles. The van der Waals surface area contributed by atoms with Gasteiger partial charge in [-0.3, -0.25) is 10.1 Å². The summed E-state index contributed by atoms with van der Waals surface area (Å²) in [5, 5.41) is 32.0. The number of benzene rings is 2. The number of aromatic nitrogens is 2. The SMILES string of the molecule is O=C(O)c1nc2c([N+](=O)[O-])c(O)ccc2[nH]1.c1ccc(CC2CCNCC2)cc1. The number of H-pyrrole nitrogens is 1. The molecule has 0 amide bonds. The van der Waals surface area contributed by atoms with E-state index in [0.29, 0.717) is 0 Å². The van der Waals surface area contributed by atoms with Crippen LogP contribution in [-0.2, 0) is 6.42 Å². The fraction of sp³-hybridized carbons (Fsp3) is 0.300. The first kappa shape index (κ1) is 20.3. The zero-order valence-electron chi connectivity index (χ0n) is 15.7. The number of carbonyl (C=O) groups is 1. The van der Waals surface area contributed by atoms with Crippen LogP contribution in [0.25, 0.3) is 11.0 Å². The molecule has 0 radical (unpaired) electrons. The number of nitrogens with one attached hydrogen (secondary N) is 2. The first-order valence-corrected chi connectivity index (χ1v) is 9.29. The van der Waals surface area contributed by atoms with E-state index in [1.807, 2.05) is 0 Å². The van der Waals surface area contributed by atoms with E-state index in [1.165, 1.54) is 44.0 Å². The van der Waals surface area contributed by atoms with Gasteiger partial charge in [0.1, 0.15) is 0 Å². The van der Waals surface area contributed by atoms with Gasteiger partial charge in [0, 0.05) is 0 Å². The van der Waals surface area contributed by atoms with Crippen LogP contribution in [0.1, 0.15) is 29.0 Å². The number of fused-ring (bicyclic) bond motifs is 1. The van der Waals surface area contributed by atoms with Crippen LogP contribution in [0.5, 0.6) is 5.75 Å². The molecule has 0 atom stereocenters. The first-order chi connectivity index (χ1) is 14.0. The van der Waals surface area contributed by atoms with Crippen LogP contribution in [-0.4, -0.2) is 44.2 Å². The Labute approximate surface area is 166 Å². The van der Waals surface area contributed by atoms with Crippen molar-refractivity contribution in [1.29, 1.82) is 0 Å². The molecule has 3 aromatic rings. The zero-order valence-corrected chi connectivity index (χ0v) is 15.7. The molecule has 152 valence electrons. The Morgan fingerprint density at radius 1 is 1.17 bits per heavy atom. The number of aromatic amines is 1. The Balaban J connectivity index is 0.000000169. The van der Waals surface area contributed by atoms with Crippen LogP contribution in [0.2, 0.25) is 0 Å². The topological polar surface area (TPSA) is 141 Å². The molecule has 0 unspecified atom stereocenters. The third kappa shape index (κ3) is 5.08. The zero-order chi connectivity index (χ0) is 20.8. The number of aromatic hydroxyl groups is 1. The lowest BCUT2D eigenvalue weighted by Gasteiger charge is -2.22. The molecule has 0 spiro atoms. The Bertz CT molecular complexity index is 997. The van der Waals surface area contributed by atoms with E-state index in [2.05, 4.69) is 45.6 Å². The van der Waals surface area contributed by atoms with Crippen LogP contribution in [0, 0.1) is 16.0 Å². The second kappa shape index (κ2) is 9.16. The fourth-order valence-electron chi connectivity index (χ4n) is 3.36.